The molecule has 0 saturated heterocycles. The van der Waals surface area contributed by atoms with Crippen molar-refractivity contribution in [3.05, 3.63) is 133 Å². The summed E-state index contributed by atoms with van der Waals surface area (Å²) in [6.07, 6.45) is 0. The highest BCUT2D eigenvalue weighted by atomic mass is 16.5. The second-order valence-corrected chi connectivity index (χ2v) is 11.2. The standard InChI is InChI=1S/C39H22N4O/c1-2-9-26(10-3-1)37-40-38(42-39(41-37)43-30-14-6-4-12-27(30)28-13-5-7-15-31(28)43)29-22-21-25-20-19-24-18-17-23-11-8-16-32-33(23)34(24)35(25)36(29)44-32/h1-22H. The zero-order valence-corrected chi connectivity index (χ0v) is 23.4. The van der Waals surface area contributed by atoms with Crippen LogP contribution >= 0.6 is 0 Å². The smallest absolute Gasteiger partial charge is 0.238 e. The average Bonchev–Trinajstić information content (AvgIpc) is 3.43. The summed E-state index contributed by atoms with van der Waals surface area (Å²) in [6, 6.07) is 46.1. The Morgan fingerprint density at radius 2 is 1.07 bits per heavy atom. The van der Waals surface area contributed by atoms with Gasteiger partial charge >= 0.3 is 0 Å². The van der Waals surface area contributed by atoms with E-state index in [-0.39, 0.29) is 0 Å². The molecular formula is C39H22N4O. The minimum atomic E-state index is 0.565. The number of hydrogen-bond acceptors (Lipinski definition) is 4. The van der Waals surface area contributed by atoms with Crippen LogP contribution in [0.4, 0.5) is 0 Å². The van der Waals surface area contributed by atoms with E-state index in [2.05, 4.69) is 95.6 Å². The Labute approximate surface area is 251 Å². The first kappa shape index (κ1) is 23.5. The van der Waals surface area contributed by atoms with Gasteiger partial charge in [-0.15, -0.1) is 0 Å². The Morgan fingerprint density at radius 1 is 0.455 bits per heavy atom. The van der Waals surface area contributed by atoms with Crippen LogP contribution < -0.4 is 4.74 Å². The van der Waals surface area contributed by atoms with E-state index in [1.165, 1.54) is 16.2 Å². The van der Waals surface area contributed by atoms with Crippen LogP contribution in [0.2, 0.25) is 0 Å². The summed E-state index contributed by atoms with van der Waals surface area (Å²) in [5.41, 5.74) is 3.84. The molecule has 204 valence electrons. The number of para-hydroxylation sites is 2. The maximum Gasteiger partial charge on any atom is 0.238 e. The fraction of sp³-hybridized carbons (Fsp3) is 0. The lowest BCUT2D eigenvalue weighted by Crippen LogP contribution is -2.07. The van der Waals surface area contributed by atoms with Gasteiger partial charge in [0.15, 0.2) is 11.6 Å². The summed E-state index contributed by atoms with van der Waals surface area (Å²) >= 11 is 0. The van der Waals surface area contributed by atoms with E-state index >= 15 is 0 Å². The van der Waals surface area contributed by atoms with Crippen molar-refractivity contribution < 1.29 is 4.74 Å². The van der Waals surface area contributed by atoms with Crippen molar-refractivity contribution in [3.63, 3.8) is 0 Å². The van der Waals surface area contributed by atoms with Gasteiger partial charge in [0, 0.05) is 32.5 Å². The Hall–Kier alpha value is -6.07. The van der Waals surface area contributed by atoms with Crippen LogP contribution in [-0.4, -0.2) is 19.5 Å². The van der Waals surface area contributed by atoms with Crippen molar-refractivity contribution in [3.8, 4) is 40.2 Å². The highest BCUT2D eigenvalue weighted by Crippen LogP contribution is 2.50. The molecule has 1 aliphatic rings. The van der Waals surface area contributed by atoms with E-state index in [9.17, 15) is 0 Å². The summed E-state index contributed by atoms with van der Waals surface area (Å²) in [5.74, 6) is 3.36. The molecule has 9 aromatic rings. The van der Waals surface area contributed by atoms with Gasteiger partial charge in [-0.1, -0.05) is 109 Å². The fourth-order valence-electron chi connectivity index (χ4n) is 6.86. The molecule has 1 aliphatic heterocycles. The first-order chi connectivity index (χ1) is 21.8. The molecule has 10 rings (SSSR count). The Kier molecular flexibility index (Phi) is 4.66. The van der Waals surface area contributed by atoms with Gasteiger partial charge in [-0.05, 0) is 40.4 Å². The lowest BCUT2D eigenvalue weighted by atomic mass is 9.92. The van der Waals surface area contributed by atoms with Gasteiger partial charge in [-0.3, -0.25) is 4.57 Å². The number of rotatable bonds is 3. The molecule has 0 radical (unpaired) electrons. The third-order valence-corrected chi connectivity index (χ3v) is 8.81. The quantitative estimate of drug-likeness (QED) is 0.201. The molecule has 3 heterocycles. The maximum atomic E-state index is 6.78. The van der Waals surface area contributed by atoms with Crippen molar-refractivity contribution in [2.24, 2.45) is 0 Å². The summed E-state index contributed by atoms with van der Waals surface area (Å²) in [7, 11) is 0. The van der Waals surface area contributed by atoms with Crippen molar-refractivity contribution in [2.75, 3.05) is 0 Å². The molecule has 0 saturated carbocycles. The third kappa shape index (κ3) is 3.21. The molecule has 0 aliphatic carbocycles. The highest BCUT2D eigenvalue weighted by molar-refractivity contribution is 6.26. The van der Waals surface area contributed by atoms with Crippen molar-refractivity contribution >= 4 is 54.1 Å². The van der Waals surface area contributed by atoms with Crippen LogP contribution in [0.5, 0.6) is 11.5 Å². The van der Waals surface area contributed by atoms with Gasteiger partial charge in [-0.25, -0.2) is 4.98 Å². The Balaban J connectivity index is 1.32. The maximum absolute atomic E-state index is 6.78. The topological polar surface area (TPSA) is 52.8 Å². The molecule has 0 atom stereocenters. The molecule has 0 fully saturated rings. The minimum Gasteiger partial charge on any atom is -0.455 e. The number of hydrogen-bond donors (Lipinski definition) is 0. The van der Waals surface area contributed by atoms with E-state index in [1.807, 2.05) is 42.5 Å². The van der Waals surface area contributed by atoms with E-state index in [0.717, 1.165) is 60.6 Å². The number of fused-ring (bicyclic) bond motifs is 3. The fourth-order valence-corrected chi connectivity index (χ4v) is 6.86. The zero-order valence-electron chi connectivity index (χ0n) is 23.4. The second kappa shape index (κ2) is 8.72. The first-order valence-corrected chi connectivity index (χ1v) is 14.7. The van der Waals surface area contributed by atoms with Gasteiger partial charge in [0.1, 0.15) is 11.5 Å². The molecule has 2 aromatic heterocycles. The number of nitrogens with zero attached hydrogens (tertiary/aromatic N) is 4. The molecule has 0 unspecified atom stereocenters. The van der Waals surface area contributed by atoms with E-state index in [4.69, 9.17) is 19.7 Å². The van der Waals surface area contributed by atoms with Crippen LogP contribution in [0.3, 0.4) is 0 Å². The molecular weight excluding hydrogens is 540 g/mol. The molecule has 0 spiro atoms. The van der Waals surface area contributed by atoms with Gasteiger partial charge in [0.2, 0.25) is 5.95 Å². The van der Waals surface area contributed by atoms with Gasteiger partial charge in [0.25, 0.3) is 0 Å². The molecule has 0 N–H and O–H groups in total. The highest BCUT2D eigenvalue weighted by Gasteiger charge is 2.25. The molecule has 0 bridgehead atoms. The number of ether oxygens (including phenoxy) is 1. The summed E-state index contributed by atoms with van der Waals surface area (Å²) < 4.78 is 8.92. The molecule has 0 amide bonds. The third-order valence-electron chi connectivity index (χ3n) is 8.81. The summed E-state index contributed by atoms with van der Waals surface area (Å²) in [4.78, 5) is 15.4. The van der Waals surface area contributed by atoms with Crippen molar-refractivity contribution in [1.82, 2.24) is 19.5 Å². The normalized spacial score (nSPS) is 12.3. The average molecular weight is 563 g/mol. The van der Waals surface area contributed by atoms with E-state index in [0.29, 0.717) is 17.6 Å². The monoisotopic (exact) mass is 562 g/mol. The number of aromatic nitrogens is 4. The summed E-state index contributed by atoms with van der Waals surface area (Å²) in [6.45, 7) is 0. The second-order valence-electron chi connectivity index (χ2n) is 11.2. The summed E-state index contributed by atoms with van der Waals surface area (Å²) in [5, 5.41) is 9.22. The SMILES string of the molecule is c1ccc(-c2nc(-c3ccc4ccc5ccc6cccc7c6c5c4c3O7)nc(-n3c4ccccc4c4ccccc43)n2)cc1. The van der Waals surface area contributed by atoms with Crippen LogP contribution in [0.1, 0.15) is 0 Å². The molecule has 5 nitrogen and oxygen atoms in total. The lowest BCUT2D eigenvalue weighted by Gasteiger charge is -2.22. The predicted octanol–water partition coefficient (Wildman–Crippen LogP) is 9.87. The van der Waals surface area contributed by atoms with Crippen molar-refractivity contribution in [1.29, 1.82) is 0 Å². The number of benzene rings is 7. The van der Waals surface area contributed by atoms with Crippen LogP contribution in [0.15, 0.2) is 133 Å². The van der Waals surface area contributed by atoms with Crippen molar-refractivity contribution in [2.45, 2.75) is 0 Å². The van der Waals surface area contributed by atoms with Crippen LogP contribution in [-0.2, 0) is 0 Å². The molecule has 44 heavy (non-hydrogen) atoms. The Bertz CT molecular complexity index is 2580. The van der Waals surface area contributed by atoms with E-state index < -0.39 is 0 Å². The molecule has 5 heteroatoms. The lowest BCUT2D eigenvalue weighted by molar-refractivity contribution is 0.494. The minimum absolute atomic E-state index is 0.565. The van der Waals surface area contributed by atoms with Gasteiger partial charge in [-0.2, -0.15) is 9.97 Å². The van der Waals surface area contributed by atoms with Gasteiger partial charge in [0.05, 0.1) is 16.6 Å². The Morgan fingerprint density at radius 3 is 1.82 bits per heavy atom. The van der Waals surface area contributed by atoms with E-state index in [1.54, 1.807) is 0 Å². The largest absolute Gasteiger partial charge is 0.455 e. The molecule has 7 aromatic carbocycles. The first-order valence-electron chi connectivity index (χ1n) is 14.7. The van der Waals surface area contributed by atoms with Crippen LogP contribution in [0, 0.1) is 0 Å². The van der Waals surface area contributed by atoms with Crippen LogP contribution in [0.25, 0.3) is 82.8 Å². The predicted molar refractivity (Wildman–Crippen MR) is 178 cm³/mol. The zero-order chi connectivity index (χ0) is 28.8. The van der Waals surface area contributed by atoms with Gasteiger partial charge < -0.3 is 4.74 Å².